The van der Waals surface area contributed by atoms with Crippen LogP contribution >= 0.6 is 0 Å². The summed E-state index contributed by atoms with van der Waals surface area (Å²) in [5.74, 6) is 0. The molecule has 0 atom stereocenters. The molecule has 0 N–H and O–H groups in total. The third kappa shape index (κ3) is 1.61. The van der Waals surface area contributed by atoms with Gasteiger partial charge in [-0.15, -0.1) is 0 Å². The zero-order valence-corrected chi connectivity index (χ0v) is 8.14. The first-order valence-corrected chi connectivity index (χ1v) is 4.87. The summed E-state index contributed by atoms with van der Waals surface area (Å²) >= 11 is 0. The van der Waals surface area contributed by atoms with Crippen molar-refractivity contribution in [1.29, 1.82) is 5.26 Å². The summed E-state index contributed by atoms with van der Waals surface area (Å²) in [6, 6.07) is 2.49. The van der Waals surface area contributed by atoms with E-state index in [1.165, 1.54) is 19.3 Å². The number of nitriles is 1. The summed E-state index contributed by atoms with van der Waals surface area (Å²) in [6.07, 6.45) is 5.87. The Kier molecular flexibility index (Phi) is 3.11. The van der Waals surface area contributed by atoms with Crippen LogP contribution in [-0.2, 0) is 0 Å². The lowest BCUT2D eigenvalue weighted by Gasteiger charge is -2.38. The Bertz CT molecular complexity index is 175. The smallest absolute Gasteiger partial charge is 0.108 e. The van der Waals surface area contributed by atoms with Gasteiger partial charge >= 0.3 is 0 Å². The molecule has 2 nitrogen and oxygen atoms in total. The maximum absolute atomic E-state index is 9.15. The van der Waals surface area contributed by atoms with Crippen LogP contribution in [0.25, 0.3) is 0 Å². The Hall–Kier alpha value is -0.550. The van der Waals surface area contributed by atoms with E-state index in [1.807, 2.05) is 0 Å². The van der Waals surface area contributed by atoms with Gasteiger partial charge in [-0.05, 0) is 26.4 Å². The lowest BCUT2D eigenvalue weighted by Crippen LogP contribution is -2.46. The number of hydrogen-bond donors (Lipinski definition) is 0. The van der Waals surface area contributed by atoms with E-state index in [0.717, 1.165) is 19.4 Å². The van der Waals surface area contributed by atoms with Crippen LogP contribution in [-0.4, -0.2) is 24.0 Å². The maximum atomic E-state index is 9.15. The van der Waals surface area contributed by atoms with Gasteiger partial charge in [-0.1, -0.05) is 26.2 Å². The average Bonchev–Trinajstić information content (AvgIpc) is 2.17. The molecular weight excluding hydrogens is 148 g/mol. The van der Waals surface area contributed by atoms with Crippen molar-refractivity contribution < 1.29 is 0 Å². The van der Waals surface area contributed by atoms with Gasteiger partial charge in [0.2, 0.25) is 0 Å². The number of nitrogens with zero attached hydrogens (tertiary/aromatic N) is 2. The normalized spacial score (nSPS) is 22.2. The van der Waals surface area contributed by atoms with Crippen molar-refractivity contribution in [2.24, 2.45) is 0 Å². The second-order valence-electron chi connectivity index (χ2n) is 3.72. The van der Waals surface area contributed by atoms with Crippen molar-refractivity contribution >= 4 is 0 Å². The van der Waals surface area contributed by atoms with Gasteiger partial charge in [-0.25, -0.2) is 0 Å². The third-order valence-electron chi connectivity index (χ3n) is 3.09. The summed E-state index contributed by atoms with van der Waals surface area (Å²) in [6.45, 7) is 3.10. The van der Waals surface area contributed by atoms with Gasteiger partial charge in [0.05, 0.1) is 6.07 Å². The fourth-order valence-electron chi connectivity index (χ4n) is 2.02. The van der Waals surface area contributed by atoms with Crippen molar-refractivity contribution in [2.75, 3.05) is 13.6 Å². The zero-order chi connectivity index (χ0) is 9.03. The third-order valence-corrected chi connectivity index (χ3v) is 3.09. The van der Waals surface area contributed by atoms with Gasteiger partial charge in [0, 0.05) is 0 Å². The molecule has 0 spiro atoms. The van der Waals surface area contributed by atoms with E-state index in [4.69, 9.17) is 5.26 Å². The first-order valence-electron chi connectivity index (χ1n) is 4.87. The maximum Gasteiger partial charge on any atom is 0.108 e. The highest BCUT2D eigenvalue weighted by Gasteiger charge is 2.34. The average molecular weight is 166 g/mol. The van der Waals surface area contributed by atoms with E-state index < -0.39 is 0 Å². The van der Waals surface area contributed by atoms with Crippen molar-refractivity contribution in [3.8, 4) is 6.07 Å². The topological polar surface area (TPSA) is 27.0 Å². The summed E-state index contributed by atoms with van der Waals surface area (Å²) in [5, 5.41) is 9.15. The predicted molar refractivity (Wildman–Crippen MR) is 49.7 cm³/mol. The summed E-state index contributed by atoms with van der Waals surface area (Å²) in [5.41, 5.74) is -0.132. The van der Waals surface area contributed by atoms with Crippen molar-refractivity contribution in [3.05, 3.63) is 0 Å². The highest BCUT2D eigenvalue weighted by atomic mass is 15.2. The van der Waals surface area contributed by atoms with Gasteiger partial charge in [0.25, 0.3) is 0 Å². The Labute approximate surface area is 75.2 Å². The lowest BCUT2D eigenvalue weighted by molar-refractivity contribution is 0.134. The molecule has 0 aromatic rings. The van der Waals surface area contributed by atoms with E-state index in [2.05, 4.69) is 24.9 Å². The van der Waals surface area contributed by atoms with E-state index >= 15 is 0 Å². The molecule has 0 amide bonds. The molecule has 0 saturated heterocycles. The molecule has 1 aliphatic rings. The minimum absolute atomic E-state index is 0.132. The van der Waals surface area contributed by atoms with Crippen molar-refractivity contribution in [2.45, 2.75) is 44.6 Å². The Balaban J connectivity index is 2.67. The summed E-state index contributed by atoms with van der Waals surface area (Å²) in [7, 11) is 2.06. The van der Waals surface area contributed by atoms with Crippen LogP contribution < -0.4 is 0 Å². The van der Waals surface area contributed by atoms with E-state index in [1.54, 1.807) is 0 Å². The first-order chi connectivity index (χ1) is 5.75. The largest absolute Gasteiger partial charge is 0.289 e. The zero-order valence-electron chi connectivity index (χ0n) is 8.14. The number of hydrogen-bond acceptors (Lipinski definition) is 2. The molecular formula is C10H18N2. The Morgan fingerprint density at radius 2 is 1.92 bits per heavy atom. The molecule has 0 heterocycles. The van der Waals surface area contributed by atoms with Gasteiger partial charge in [0.15, 0.2) is 0 Å². The molecule has 12 heavy (non-hydrogen) atoms. The molecule has 0 aliphatic heterocycles. The minimum Gasteiger partial charge on any atom is -0.289 e. The molecule has 0 aromatic carbocycles. The molecule has 0 radical (unpaired) electrons. The molecule has 1 saturated carbocycles. The van der Waals surface area contributed by atoms with E-state index in [-0.39, 0.29) is 5.54 Å². The SMILES string of the molecule is CCN(C)C1(C#N)CCCCC1. The number of rotatable bonds is 2. The lowest BCUT2D eigenvalue weighted by atomic mass is 9.82. The van der Waals surface area contributed by atoms with Gasteiger partial charge in [0.1, 0.15) is 5.54 Å². The van der Waals surface area contributed by atoms with Gasteiger partial charge in [-0.2, -0.15) is 5.26 Å². The van der Waals surface area contributed by atoms with Gasteiger partial charge < -0.3 is 0 Å². The fourth-order valence-corrected chi connectivity index (χ4v) is 2.02. The van der Waals surface area contributed by atoms with Crippen LogP contribution in [0.5, 0.6) is 0 Å². The molecule has 1 rings (SSSR count). The Morgan fingerprint density at radius 3 is 2.33 bits per heavy atom. The quantitative estimate of drug-likeness (QED) is 0.628. The second kappa shape index (κ2) is 3.91. The summed E-state index contributed by atoms with van der Waals surface area (Å²) < 4.78 is 0. The van der Waals surface area contributed by atoms with Crippen molar-refractivity contribution in [3.63, 3.8) is 0 Å². The van der Waals surface area contributed by atoms with Gasteiger partial charge in [-0.3, -0.25) is 4.90 Å². The van der Waals surface area contributed by atoms with Crippen molar-refractivity contribution in [1.82, 2.24) is 4.90 Å². The van der Waals surface area contributed by atoms with Crippen LogP contribution in [0, 0.1) is 11.3 Å². The van der Waals surface area contributed by atoms with Crippen LogP contribution in [0.3, 0.4) is 0 Å². The van der Waals surface area contributed by atoms with Crippen LogP contribution in [0.1, 0.15) is 39.0 Å². The Morgan fingerprint density at radius 1 is 1.33 bits per heavy atom. The predicted octanol–water partition coefficient (Wildman–Crippen LogP) is 2.16. The van der Waals surface area contributed by atoms with Crippen LogP contribution in [0.4, 0.5) is 0 Å². The summed E-state index contributed by atoms with van der Waals surface area (Å²) in [4.78, 5) is 2.20. The molecule has 0 aromatic heterocycles. The monoisotopic (exact) mass is 166 g/mol. The fraction of sp³-hybridized carbons (Fsp3) is 0.900. The standard InChI is InChI=1S/C10H18N2/c1-3-12(2)10(9-11)7-5-4-6-8-10/h3-8H2,1-2H3. The van der Waals surface area contributed by atoms with Crippen LogP contribution in [0.2, 0.25) is 0 Å². The molecule has 0 unspecified atom stereocenters. The molecule has 1 aliphatic carbocycles. The second-order valence-corrected chi connectivity index (χ2v) is 3.72. The first kappa shape index (κ1) is 9.54. The minimum atomic E-state index is -0.132. The molecule has 0 bridgehead atoms. The highest BCUT2D eigenvalue weighted by molar-refractivity contribution is 5.08. The molecule has 1 fully saturated rings. The molecule has 2 heteroatoms. The van der Waals surface area contributed by atoms with E-state index in [0.29, 0.717) is 0 Å². The molecule has 68 valence electrons. The highest BCUT2D eigenvalue weighted by Crippen LogP contribution is 2.31. The van der Waals surface area contributed by atoms with Crippen LogP contribution in [0.15, 0.2) is 0 Å². The van der Waals surface area contributed by atoms with E-state index in [9.17, 15) is 0 Å².